The van der Waals surface area contributed by atoms with Gasteiger partial charge in [0.15, 0.2) is 0 Å². The molecule has 4 rings (SSSR count). The van der Waals surface area contributed by atoms with Gasteiger partial charge < -0.3 is 10.3 Å². The van der Waals surface area contributed by atoms with E-state index < -0.39 is 0 Å². The second kappa shape index (κ2) is 7.31. The summed E-state index contributed by atoms with van der Waals surface area (Å²) in [6, 6.07) is 14.5. The monoisotopic (exact) mass is 376 g/mol. The van der Waals surface area contributed by atoms with Crippen molar-refractivity contribution < 1.29 is 9.18 Å². The van der Waals surface area contributed by atoms with Gasteiger partial charge in [-0.05, 0) is 55.7 Å². The number of carbonyl (C=O) groups is 1. The number of hydrogen-bond donors (Lipinski definition) is 2. The first kappa shape index (κ1) is 18.0. The number of carbonyl (C=O) groups excluding carboxylic acids is 1. The van der Waals surface area contributed by atoms with E-state index in [0.717, 1.165) is 27.9 Å². The van der Waals surface area contributed by atoms with Crippen molar-refractivity contribution in [1.82, 2.24) is 20.1 Å². The van der Waals surface area contributed by atoms with Gasteiger partial charge in [-0.3, -0.25) is 4.79 Å². The van der Waals surface area contributed by atoms with Gasteiger partial charge in [0.25, 0.3) is 5.91 Å². The summed E-state index contributed by atoms with van der Waals surface area (Å²) in [5.41, 5.74) is 4.81. The summed E-state index contributed by atoms with van der Waals surface area (Å²) in [6.45, 7) is 4.35. The number of nitrogens with zero attached hydrogens (tertiary/aromatic N) is 2. The third-order valence-electron chi connectivity index (χ3n) is 4.97. The lowest BCUT2D eigenvalue weighted by molar-refractivity contribution is 0.0946. The summed E-state index contributed by atoms with van der Waals surface area (Å²) in [5, 5.41) is 8.11. The molecule has 2 N–H and O–H groups in total. The zero-order chi connectivity index (χ0) is 19.7. The van der Waals surface area contributed by atoms with Crippen LogP contribution in [0.15, 0.2) is 54.7 Å². The standard InChI is InChI=1S/C22H21FN4O/c1-14-8-9-18(23)21-20(14)17(15(2)26-21)10-12-24-22(28)19-11-13-25-27(19)16-6-4-3-5-7-16/h3-9,11,13,26H,10,12H2,1-2H3,(H,24,28). The zero-order valence-corrected chi connectivity index (χ0v) is 15.8. The molecule has 0 unspecified atom stereocenters. The Balaban J connectivity index is 1.51. The molecule has 0 aliphatic heterocycles. The molecule has 0 spiro atoms. The van der Waals surface area contributed by atoms with Crippen molar-refractivity contribution in [2.45, 2.75) is 20.3 Å². The molecule has 2 aromatic heterocycles. The highest BCUT2D eigenvalue weighted by atomic mass is 19.1. The van der Waals surface area contributed by atoms with Crippen molar-refractivity contribution in [2.75, 3.05) is 6.54 Å². The number of hydrogen-bond acceptors (Lipinski definition) is 2. The number of nitrogens with one attached hydrogen (secondary N) is 2. The molecule has 28 heavy (non-hydrogen) atoms. The Hall–Kier alpha value is -3.41. The zero-order valence-electron chi connectivity index (χ0n) is 15.8. The molecular formula is C22H21FN4O. The Morgan fingerprint density at radius 1 is 1.14 bits per heavy atom. The van der Waals surface area contributed by atoms with Gasteiger partial charge in [-0.25, -0.2) is 9.07 Å². The van der Waals surface area contributed by atoms with Crippen LogP contribution in [0.2, 0.25) is 0 Å². The summed E-state index contributed by atoms with van der Waals surface area (Å²) < 4.78 is 15.7. The molecule has 1 amide bonds. The van der Waals surface area contributed by atoms with E-state index in [1.165, 1.54) is 6.07 Å². The van der Waals surface area contributed by atoms with Crippen LogP contribution in [-0.4, -0.2) is 27.2 Å². The number of benzene rings is 2. The minimum atomic E-state index is -0.259. The van der Waals surface area contributed by atoms with Gasteiger partial charge in [-0.2, -0.15) is 5.10 Å². The fourth-order valence-electron chi connectivity index (χ4n) is 3.60. The maximum Gasteiger partial charge on any atom is 0.270 e. The largest absolute Gasteiger partial charge is 0.356 e. The van der Waals surface area contributed by atoms with Gasteiger partial charge in [0.05, 0.1) is 17.4 Å². The van der Waals surface area contributed by atoms with Crippen LogP contribution in [0.1, 0.15) is 27.3 Å². The van der Waals surface area contributed by atoms with Crippen molar-refractivity contribution in [3.63, 3.8) is 0 Å². The number of H-pyrrole nitrogens is 1. The van der Waals surface area contributed by atoms with Gasteiger partial charge in [0.2, 0.25) is 0 Å². The molecule has 0 aliphatic rings. The molecule has 142 valence electrons. The maximum atomic E-state index is 14.1. The molecule has 0 radical (unpaired) electrons. The number of halogens is 1. The van der Waals surface area contributed by atoms with Crippen molar-refractivity contribution in [3.8, 4) is 5.69 Å². The average molecular weight is 376 g/mol. The molecule has 2 heterocycles. The SMILES string of the molecule is Cc1[nH]c2c(F)ccc(C)c2c1CCNC(=O)c1ccnn1-c1ccccc1. The van der Waals surface area contributed by atoms with Gasteiger partial charge in [-0.15, -0.1) is 0 Å². The fraction of sp³-hybridized carbons (Fsp3) is 0.182. The van der Waals surface area contributed by atoms with Crippen LogP contribution < -0.4 is 5.32 Å². The van der Waals surface area contributed by atoms with Crippen LogP contribution in [0.3, 0.4) is 0 Å². The van der Waals surface area contributed by atoms with E-state index in [1.807, 2.05) is 44.2 Å². The summed E-state index contributed by atoms with van der Waals surface area (Å²) >= 11 is 0. The van der Waals surface area contributed by atoms with E-state index in [9.17, 15) is 9.18 Å². The third-order valence-corrected chi connectivity index (χ3v) is 4.97. The second-order valence-corrected chi connectivity index (χ2v) is 6.81. The van der Waals surface area contributed by atoms with Crippen LogP contribution >= 0.6 is 0 Å². The van der Waals surface area contributed by atoms with E-state index in [4.69, 9.17) is 0 Å². The summed E-state index contributed by atoms with van der Waals surface area (Å²) in [5.74, 6) is -0.451. The molecule has 0 saturated heterocycles. The first-order valence-corrected chi connectivity index (χ1v) is 9.20. The quantitative estimate of drug-likeness (QED) is 0.551. The number of para-hydroxylation sites is 1. The highest BCUT2D eigenvalue weighted by Crippen LogP contribution is 2.27. The predicted molar refractivity (Wildman–Crippen MR) is 107 cm³/mol. The van der Waals surface area contributed by atoms with Gasteiger partial charge in [0, 0.05) is 17.6 Å². The lowest BCUT2D eigenvalue weighted by Gasteiger charge is -2.09. The Labute approximate surface area is 162 Å². The molecule has 0 saturated carbocycles. The van der Waals surface area contributed by atoms with Gasteiger partial charge in [0.1, 0.15) is 11.5 Å². The van der Waals surface area contributed by atoms with E-state index >= 15 is 0 Å². The lowest BCUT2D eigenvalue weighted by Crippen LogP contribution is -2.28. The minimum Gasteiger partial charge on any atom is -0.356 e. The highest BCUT2D eigenvalue weighted by molar-refractivity contribution is 5.93. The van der Waals surface area contributed by atoms with Crippen molar-refractivity contribution >= 4 is 16.8 Å². The number of fused-ring (bicyclic) bond motifs is 1. The molecule has 0 atom stereocenters. The Bertz CT molecular complexity index is 1140. The number of aromatic nitrogens is 3. The van der Waals surface area contributed by atoms with E-state index in [2.05, 4.69) is 15.4 Å². The van der Waals surface area contributed by atoms with Crippen LogP contribution in [0.25, 0.3) is 16.6 Å². The maximum absolute atomic E-state index is 14.1. The van der Waals surface area contributed by atoms with Gasteiger partial charge >= 0.3 is 0 Å². The molecule has 5 nitrogen and oxygen atoms in total. The topological polar surface area (TPSA) is 62.7 Å². The molecular weight excluding hydrogens is 355 g/mol. The van der Waals surface area contributed by atoms with E-state index in [-0.39, 0.29) is 11.7 Å². The average Bonchev–Trinajstić information content (AvgIpc) is 3.31. The second-order valence-electron chi connectivity index (χ2n) is 6.81. The fourth-order valence-corrected chi connectivity index (χ4v) is 3.60. The summed E-state index contributed by atoms with van der Waals surface area (Å²) in [6.07, 6.45) is 2.22. The molecule has 0 aliphatic carbocycles. The molecule has 0 bridgehead atoms. The van der Waals surface area contributed by atoms with Crippen LogP contribution in [-0.2, 0) is 6.42 Å². The number of aryl methyl sites for hydroxylation is 2. The highest BCUT2D eigenvalue weighted by Gasteiger charge is 2.16. The summed E-state index contributed by atoms with van der Waals surface area (Å²) in [4.78, 5) is 15.8. The van der Waals surface area contributed by atoms with E-state index in [1.54, 1.807) is 23.0 Å². The Morgan fingerprint density at radius 3 is 2.71 bits per heavy atom. The normalized spacial score (nSPS) is 11.1. The van der Waals surface area contributed by atoms with Crippen LogP contribution in [0.5, 0.6) is 0 Å². The molecule has 6 heteroatoms. The van der Waals surface area contributed by atoms with Crippen molar-refractivity contribution in [3.05, 3.63) is 83.1 Å². The lowest BCUT2D eigenvalue weighted by atomic mass is 10.0. The Morgan fingerprint density at radius 2 is 1.93 bits per heavy atom. The van der Waals surface area contributed by atoms with Crippen molar-refractivity contribution in [1.29, 1.82) is 0 Å². The van der Waals surface area contributed by atoms with Gasteiger partial charge in [-0.1, -0.05) is 24.3 Å². The number of rotatable bonds is 5. The molecule has 4 aromatic rings. The van der Waals surface area contributed by atoms with E-state index in [0.29, 0.717) is 24.2 Å². The van der Waals surface area contributed by atoms with Crippen LogP contribution in [0.4, 0.5) is 4.39 Å². The smallest absolute Gasteiger partial charge is 0.270 e. The van der Waals surface area contributed by atoms with Crippen molar-refractivity contribution in [2.24, 2.45) is 0 Å². The summed E-state index contributed by atoms with van der Waals surface area (Å²) in [7, 11) is 0. The first-order valence-electron chi connectivity index (χ1n) is 9.20. The van der Waals surface area contributed by atoms with Crippen LogP contribution in [0, 0.1) is 19.7 Å². The minimum absolute atomic E-state index is 0.193. The predicted octanol–water partition coefficient (Wildman–Crippen LogP) is 4.08. The number of amides is 1. The molecule has 2 aromatic carbocycles. The Kier molecular flexibility index (Phi) is 4.69. The number of aromatic amines is 1. The first-order chi connectivity index (χ1) is 13.6. The molecule has 0 fully saturated rings. The third kappa shape index (κ3) is 3.17.